The van der Waals surface area contributed by atoms with Gasteiger partial charge in [0.1, 0.15) is 0 Å². The summed E-state index contributed by atoms with van der Waals surface area (Å²) in [5.74, 6) is 0.660. The molecule has 1 heterocycles. The molecule has 0 saturated heterocycles. The van der Waals surface area contributed by atoms with Crippen LogP contribution in [0.4, 0.5) is 0 Å². The fourth-order valence-electron chi connectivity index (χ4n) is 2.04. The van der Waals surface area contributed by atoms with Gasteiger partial charge in [0, 0.05) is 22.8 Å². The van der Waals surface area contributed by atoms with Crippen molar-refractivity contribution in [3.05, 3.63) is 29.0 Å². The zero-order valence-electron chi connectivity index (χ0n) is 7.67. The molecule has 1 aromatic heterocycles. The summed E-state index contributed by atoms with van der Waals surface area (Å²) in [5.41, 5.74) is 1.19. The zero-order valence-corrected chi connectivity index (χ0v) is 8.43. The van der Waals surface area contributed by atoms with E-state index in [0.29, 0.717) is 5.92 Å². The first-order chi connectivity index (χ1) is 6.36. The summed E-state index contributed by atoms with van der Waals surface area (Å²) < 4.78 is 0. The molecule has 0 N–H and O–H groups in total. The van der Waals surface area contributed by atoms with Gasteiger partial charge in [0.15, 0.2) is 0 Å². The highest BCUT2D eigenvalue weighted by Gasteiger charge is 2.16. The maximum atomic E-state index is 5.92. The predicted molar refractivity (Wildman–Crippen MR) is 55.1 cm³/mol. The van der Waals surface area contributed by atoms with Crippen molar-refractivity contribution in [2.45, 2.75) is 38.0 Å². The second-order valence-corrected chi connectivity index (χ2v) is 4.17. The molecule has 2 heteroatoms. The van der Waals surface area contributed by atoms with Gasteiger partial charge in [0.05, 0.1) is 0 Å². The summed E-state index contributed by atoms with van der Waals surface area (Å²) in [6.45, 7) is 0. The van der Waals surface area contributed by atoms with Crippen LogP contribution in [-0.2, 0) is 0 Å². The zero-order chi connectivity index (χ0) is 9.10. The molecule has 0 aromatic carbocycles. The Balaban J connectivity index is 2.14. The van der Waals surface area contributed by atoms with Crippen molar-refractivity contribution in [1.29, 1.82) is 0 Å². The number of rotatable bonds is 1. The van der Waals surface area contributed by atoms with Gasteiger partial charge >= 0.3 is 0 Å². The van der Waals surface area contributed by atoms with Gasteiger partial charge in [0.2, 0.25) is 0 Å². The summed E-state index contributed by atoms with van der Waals surface area (Å²) in [6, 6.07) is 3.85. The molecule has 0 spiro atoms. The summed E-state index contributed by atoms with van der Waals surface area (Å²) in [6.07, 6.45) is 8.46. The van der Waals surface area contributed by atoms with Crippen LogP contribution in [0.2, 0.25) is 5.02 Å². The first-order valence-electron chi connectivity index (χ1n) is 4.98. The second-order valence-electron chi connectivity index (χ2n) is 3.73. The van der Waals surface area contributed by atoms with Crippen molar-refractivity contribution in [3.8, 4) is 0 Å². The molecule has 0 unspecified atom stereocenters. The van der Waals surface area contributed by atoms with E-state index >= 15 is 0 Å². The van der Waals surface area contributed by atoms with Crippen LogP contribution in [0.15, 0.2) is 18.3 Å². The lowest BCUT2D eigenvalue weighted by molar-refractivity contribution is 0.437. The quantitative estimate of drug-likeness (QED) is 0.665. The third-order valence-electron chi connectivity index (χ3n) is 2.77. The highest BCUT2D eigenvalue weighted by atomic mass is 35.5. The molecule has 1 fully saturated rings. The van der Waals surface area contributed by atoms with Crippen molar-refractivity contribution in [2.24, 2.45) is 0 Å². The summed E-state index contributed by atoms with van der Waals surface area (Å²) in [7, 11) is 0. The Hall–Kier alpha value is -0.560. The molecular weight excluding hydrogens is 182 g/mol. The molecule has 2 rings (SSSR count). The van der Waals surface area contributed by atoms with E-state index in [1.807, 2.05) is 18.3 Å². The van der Waals surface area contributed by atoms with Crippen LogP contribution in [0.1, 0.15) is 43.7 Å². The molecular formula is C11H14ClN. The van der Waals surface area contributed by atoms with Crippen molar-refractivity contribution >= 4 is 11.6 Å². The fraction of sp³-hybridized carbons (Fsp3) is 0.545. The molecule has 1 aliphatic carbocycles. The number of hydrogen-bond acceptors (Lipinski definition) is 1. The SMILES string of the molecule is Clc1ccnc(C2CCCCC2)c1. The van der Waals surface area contributed by atoms with Crippen LogP contribution in [0.25, 0.3) is 0 Å². The Bertz CT molecular complexity index is 279. The van der Waals surface area contributed by atoms with E-state index in [2.05, 4.69) is 4.98 Å². The van der Waals surface area contributed by atoms with Crippen molar-refractivity contribution in [2.75, 3.05) is 0 Å². The van der Waals surface area contributed by atoms with Gasteiger partial charge in [0.25, 0.3) is 0 Å². The lowest BCUT2D eigenvalue weighted by Crippen LogP contribution is -2.05. The Morgan fingerprint density at radius 3 is 2.69 bits per heavy atom. The summed E-state index contributed by atoms with van der Waals surface area (Å²) in [4.78, 5) is 4.38. The van der Waals surface area contributed by atoms with Gasteiger partial charge in [-0.05, 0) is 25.0 Å². The van der Waals surface area contributed by atoms with E-state index in [0.717, 1.165) is 5.02 Å². The number of aromatic nitrogens is 1. The molecule has 1 nitrogen and oxygen atoms in total. The van der Waals surface area contributed by atoms with E-state index in [9.17, 15) is 0 Å². The van der Waals surface area contributed by atoms with Crippen LogP contribution >= 0.6 is 11.6 Å². The van der Waals surface area contributed by atoms with E-state index in [4.69, 9.17) is 11.6 Å². The van der Waals surface area contributed by atoms with E-state index in [-0.39, 0.29) is 0 Å². The van der Waals surface area contributed by atoms with Crippen molar-refractivity contribution in [1.82, 2.24) is 4.98 Å². The van der Waals surface area contributed by atoms with Crippen LogP contribution in [0.5, 0.6) is 0 Å². The highest BCUT2D eigenvalue weighted by Crippen LogP contribution is 2.32. The van der Waals surface area contributed by atoms with Crippen molar-refractivity contribution < 1.29 is 0 Å². The molecule has 1 aromatic rings. The number of pyridine rings is 1. The van der Waals surface area contributed by atoms with Gasteiger partial charge < -0.3 is 0 Å². The molecule has 0 radical (unpaired) electrons. The molecule has 70 valence electrons. The van der Waals surface area contributed by atoms with Gasteiger partial charge in [-0.3, -0.25) is 4.98 Å². The van der Waals surface area contributed by atoms with E-state index in [1.165, 1.54) is 37.8 Å². The summed E-state index contributed by atoms with van der Waals surface area (Å²) in [5, 5.41) is 0.815. The van der Waals surface area contributed by atoms with Gasteiger partial charge in [-0.25, -0.2) is 0 Å². The predicted octanol–water partition coefficient (Wildman–Crippen LogP) is 3.78. The first kappa shape index (κ1) is 9.01. The number of hydrogen-bond donors (Lipinski definition) is 0. The molecule has 0 bridgehead atoms. The average molecular weight is 196 g/mol. The lowest BCUT2D eigenvalue weighted by atomic mass is 9.87. The monoisotopic (exact) mass is 195 g/mol. The normalized spacial score (nSPS) is 18.8. The third-order valence-corrected chi connectivity index (χ3v) is 3.00. The van der Waals surface area contributed by atoms with Crippen LogP contribution in [-0.4, -0.2) is 4.98 Å². The largest absolute Gasteiger partial charge is 0.261 e. The summed E-state index contributed by atoms with van der Waals surface area (Å²) >= 11 is 5.92. The third kappa shape index (κ3) is 2.22. The molecule has 1 aliphatic rings. The fourth-order valence-corrected chi connectivity index (χ4v) is 2.21. The van der Waals surface area contributed by atoms with Crippen LogP contribution < -0.4 is 0 Å². The standard InChI is InChI=1S/C11H14ClN/c12-10-6-7-13-11(8-10)9-4-2-1-3-5-9/h6-9H,1-5H2. The minimum absolute atomic E-state index is 0.660. The Morgan fingerprint density at radius 2 is 2.00 bits per heavy atom. The lowest BCUT2D eigenvalue weighted by Gasteiger charge is -2.20. The number of halogens is 1. The topological polar surface area (TPSA) is 12.9 Å². The maximum Gasteiger partial charge on any atom is 0.0449 e. The smallest absolute Gasteiger partial charge is 0.0449 e. The Kier molecular flexibility index (Phi) is 2.84. The van der Waals surface area contributed by atoms with Crippen molar-refractivity contribution in [3.63, 3.8) is 0 Å². The van der Waals surface area contributed by atoms with Gasteiger partial charge in [-0.1, -0.05) is 30.9 Å². The van der Waals surface area contributed by atoms with E-state index < -0.39 is 0 Å². The molecule has 0 aliphatic heterocycles. The highest BCUT2D eigenvalue weighted by molar-refractivity contribution is 6.30. The average Bonchev–Trinajstić information content (AvgIpc) is 2.19. The first-order valence-corrected chi connectivity index (χ1v) is 5.35. The molecule has 0 amide bonds. The molecule has 0 atom stereocenters. The molecule has 1 saturated carbocycles. The Labute approximate surface area is 84.1 Å². The van der Waals surface area contributed by atoms with Crippen LogP contribution in [0, 0.1) is 0 Å². The minimum atomic E-state index is 0.660. The maximum absolute atomic E-state index is 5.92. The minimum Gasteiger partial charge on any atom is -0.261 e. The second kappa shape index (κ2) is 4.10. The molecule has 13 heavy (non-hydrogen) atoms. The van der Waals surface area contributed by atoms with E-state index in [1.54, 1.807) is 0 Å². The Morgan fingerprint density at radius 1 is 1.23 bits per heavy atom. The van der Waals surface area contributed by atoms with Gasteiger partial charge in [-0.2, -0.15) is 0 Å². The van der Waals surface area contributed by atoms with Gasteiger partial charge in [-0.15, -0.1) is 0 Å². The van der Waals surface area contributed by atoms with Crippen LogP contribution in [0.3, 0.4) is 0 Å². The number of nitrogens with zero attached hydrogens (tertiary/aromatic N) is 1.